The van der Waals surface area contributed by atoms with Crippen molar-refractivity contribution >= 4 is 33.4 Å². The van der Waals surface area contributed by atoms with Crippen LogP contribution in [0.1, 0.15) is 23.1 Å². The minimum absolute atomic E-state index is 0.0505. The molecule has 0 unspecified atom stereocenters. The summed E-state index contributed by atoms with van der Waals surface area (Å²) >= 11 is 3.37. The van der Waals surface area contributed by atoms with Gasteiger partial charge in [0.1, 0.15) is 12.2 Å². The summed E-state index contributed by atoms with van der Waals surface area (Å²) in [4.78, 5) is 27.0. The summed E-state index contributed by atoms with van der Waals surface area (Å²) in [6, 6.07) is 0. The molecule has 0 bridgehead atoms. The van der Waals surface area contributed by atoms with Gasteiger partial charge in [-0.1, -0.05) is 0 Å². The number of nitrogens with one attached hydrogen (secondary N) is 1. The molecule has 26 heavy (non-hydrogen) atoms. The molecular formula is C16H21BrN6O3. The van der Waals surface area contributed by atoms with Crippen LogP contribution in [0.2, 0.25) is 0 Å². The van der Waals surface area contributed by atoms with Crippen LogP contribution >= 0.6 is 15.9 Å². The number of rotatable bonds is 5. The molecule has 1 aliphatic rings. The smallest absolute Gasteiger partial charge is 0.274 e. The van der Waals surface area contributed by atoms with E-state index in [1.165, 1.54) is 6.20 Å². The number of carbonyl (C=O) groups is 2. The monoisotopic (exact) mass is 424 g/mol. The van der Waals surface area contributed by atoms with Crippen LogP contribution in [0, 0.1) is 6.92 Å². The highest BCUT2D eigenvalue weighted by atomic mass is 79.9. The number of nitrogens with zero attached hydrogens (tertiary/aromatic N) is 5. The maximum Gasteiger partial charge on any atom is 0.274 e. The average molecular weight is 425 g/mol. The van der Waals surface area contributed by atoms with Gasteiger partial charge in [0.05, 0.1) is 35.3 Å². The molecule has 1 N–H and O–H groups in total. The number of aromatic nitrogens is 4. The number of hydrogen-bond acceptors (Lipinski definition) is 5. The molecule has 0 spiro atoms. The zero-order chi connectivity index (χ0) is 18.7. The van der Waals surface area contributed by atoms with Gasteiger partial charge in [-0.05, 0) is 29.8 Å². The summed E-state index contributed by atoms with van der Waals surface area (Å²) in [5, 5.41) is 11.3. The summed E-state index contributed by atoms with van der Waals surface area (Å²) in [6.45, 7) is 6.43. The Labute approximate surface area is 159 Å². The lowest BCUT2D eigenvalue weighted by Crippen LogP contribution is -2.41. The van der Waals surface area contributed by atoms with Crippen molar-refractivity contribution in [3.8, 4) is 0 Å². The number of hydrogen-bond donors (Lipinski definition) is 1. The minimum Gasteiger partial charge on any atom is -0.378 e. The molecule has 0 saturated carbocycles. The number of morpholine rings is 1. The fourth-order valence-corrected chi connectivity index (χ4v) is 3.09. The second kappa shape index (κ2) is 8.00. The van der Waals surface area contributed by atoms with Crippen molar-refractivity contribution in [2.45, 2.75) is 26.9 Å². The summed E-state index contributed by atoms with van der Waals surface area (Å²) < 4.78 is 9.28. The Balaban J connectivity index is 1.76. The van der Waals surface area contributed by atoms with Crippen LogP contribution in [-0.2, 0) is 22.6 Å². The van der Waals surface area contributed by atoms with E-state index < -0.39 is 0 Å². The summed E-state index contributed by atoms with van der Waals surface area (Å²) in [6.07, 6.45) is 3.25. The molecule has 140 valence electrons. The van der Waals surface area contributed by atoms with Gasteiger partial charge in [-0.25, -0.2) is 0 Å². The molecule has 3 rings (SSSR count). The average Bonchev–Trinajstić information content (AvgIpc) is 3.17. The first-order chi connectivity index (χ1) is 12.5. The van der Waals surface area contributed by atoms with Gasteiger partial charge in [0.25, 0.3) is 5.91 Å². The number of halogens is 1. The van der Waals surface area contributed by atoms with Crippen LogP contribution in [0.15, 0.2) is 16.9 Å². The Morgan fingerprint density at radius 3 is 2.69 bits per heavy atom. The molecule has 2 amide bonds. The van der Waals surface area contributed by atoms with E-state index in [9.17, 15) is 9.59 Å². The third kappa shape index (κ3) is 3.96. The van der Waals surface area contributed by atoms with Gasteiger partial charge in [-0.2, -0.15) is 10.2 Å². The maximum atomic E-state index is 12.9. The molecule has 1 saturated heterocycles. The number of ether oxygens (including phenoxy) is 1. The zero-order valence-corrected chi connectivity index (χ0v) is 16.3. The van der Waals surface area contributed by atoms with Gasteiger partial charge >= 0.3 is 0 Å². The zero-order valence-electron chi connectivity index (χ0n) is 14.7. The topological polar surface area (TPSA) is 94.3 Å². The highest BCUT2D eigenvalue weighted by molar-refractivity contribution is 9.10. The first-order valence-electron chi connectivity index (χ1n) is 8.41. The van der Waals surface area contributed by atoms with Crippen LogP contribution < -0.4 is 5.32 Å². The molecule has 1 fully saturated rings. The Bertz CT molecular complexity index is 790. The molecule has 0 aromatic carbocycles. The number of anilines is 1. The minimum atomic E-state index is -0.272. The number of carbonyl (C=O) groups excluding carboxylic acids is 2. The lowest BCUT2D eigenvalue weighted by atomic mass is 10.2. The van der Waals surface area contributed by atoms with Crippen molar-refractivity contribution in [3.05, 3.63) is 28.3 Å². The molecule has 0 aliphatic carbocycles. The molecule has 3 heterocycles. The Hall–Kier alpha value is -2.20. The van der Waals surface area contributed by atoms with Crippen molar-refractivity contribution in [3.63, 3.8) is 0 Å². The van der Waals surface area contributed by atoms with E-state index in [0.29, 0.717) is 44.2 Å². The van der Waals surface area contributed by atoms with E-state index in [2.05, 4.69) is 31.4 Å². The Kier molecular flexibility index (Phi) is 5.72. The Morgan fingerprint density at radius 2 is 2.08 bits per heavy atom. The fourth-order valence-electron chi connectivity index (χ4n) is 2.77. The second-order valence-corrected chi connectivity index (χ2v) is 6.79. The van der Waals surface area contributed by atoms with E-state index in [-0.39, 0.29) is 18.4 Å². The second-order valence-electron chi connectivity index (χ2n) is 5.94. The predicted molar refractivity (Wildman–Crippen MR) is 97.9 cm³/mol. The van der Waals surface area contributed by atoms with Crippen LogP contribution in [0.5, 0.6) is 0 Å². The molecule has 2 aromatic heterocycles. The maximum absolute atomic E-state index is 12.9. The fraction of sp³-hybridized carbons (Fsp3) is 0.500. The lowest BCUT2D eigenvalue weighted by molar-refractivity contribution is -0.116. The van der Waals surface area contributed by atoms with E-state index in [0.717, 1.165) is 10.2 Å². The van der Waals surface area contributed by atoms with E-state index >= 15 is 0 Å². The van der Waals surface area contributed by atoms with Gasteiger partial charge in [-0.3, -0.25) is 19.0 Å². The largest absolute Gasteiger partial charge is 0.378 e. The molecule has 2 aromatic rings. The summed E-state index contributed by atoms with van der Waals surface area (Å²) in [7, 11) is 0. The summed E-state index contributed by atoms with van der Waals surface area (Å²) in [5.41, 5.74) is 1.61. The number of amides is 2. The van der Waals surface area contributed by atoms with Crippen molar-refractivity contribution in [1.82, 2.24) is 24.5 Å². The van der Waals surface area contributed by atoms with Crippen LogP contribution in [0.3, 0.4) is 0 Å². The SMILES string of the molecule is CCn1ncc(NC(=O)Cn2cc(Br)c(C)n2)c1C(=O)N1CCOCC1. The van der Waals surface area contributed by atoms with Crippen molar-refractivity contribution in [1.29, 1.82) is 0 Å². The third-order valence-electron chi connectivity index (χ3n) is 4.11. The molecular weight excluding hydrogens is 404 g/mol. The normalized spacial score (nSPS) is 14.5. The van der Waals surface area contributed by atoms with Gasteiger partial charge in [0.15, 0.2) is 0 Å². The van der Waals surface area contributed by atoms with E-state index in [4.69, 9.17) is 4.74 Å². The van der Waals surface area contributed by atoms with Gasteiger partial charge in [-0.15, -0.1) is 0 Å². The highest BCUT2D eigenvalue weighted by Crippen LogP contribution is 2.19. The van der Waals surface area contributed by atoms with E-state index in [1.807, 2.05) is 13.8 Å². The standard InChI is InChI=1S/C16H21BrN6O3/c1-3-23-15(16(25)21-4-6-26-7-5-21)13(8-18-23)19-14(24)10-22-9-12(17)11(2)20-22/h8-9H,3-7,10H2,1-2H3,(H,19,24). The molecule has 1 aliphatic heterocycles. The molecule has 9 nitrogen and oxygen atoms in total. The van der Waals surface area contributed by atoms with Crippen LogP contribution in [0.4, 0.5) is 5.69 Å². The number of aryl methyl sites for hydroxylation is 2. The quantitative estimate of drug-likeness (QED) is 0.779. The van der Waals surface area contributed by atoms with Gasteiger partial charge in [0.2, 0.25) is 5.91 Å². The van der Waals surface area contributed by atoms with Crippen LogP contribution in [-0.4, -0.2) is 62.6 Å². The first kappa shape index (κ1) is 18.6. The van der Waals surface area contributed by atoms with Crippen molar-refractivity contribution in [2.75, 3.05) is 31.6 Å². The first-order valence-corrected chi connectivity index (χ1v) is 9.21. The van der Waals surface area contributed by atoms with Crippen molar-refractivity contribution in [2.24, 2.45) is 0 Å². The molecule has 0 radical (unpaired) electrons. The lowest BCUT2D eigenvalue weighted by Gasteiger charge is -2.27. The van der Waals surface area contributed by atoms with Crippen LogP contribution in [0.25, 0.3) is 0 Å². The molecule has 10 heteroatoms. The third-order valence-corrected chi connectivity index (χ3v) is 4.88. The summed E-state index contributed by atoms with van der Waals surface area (Å²) in [5.74, 6) is -0.424. The molecule has 0 atom stereocenters. The highest BCUT2D eigenvalue weighted by Gasteiger charge is 2.26. The Morgan fingerprint density at radius 1 is 1.35 bits per heavy atom. The van der Waals surface area contributed by atoms with Gasteiger partial charge in [0, 0.05) is 25.8 Å². The van der Waals surface area contributed by atoms with Crippen molar-refractivity contribution < 1.29 is 14.3 Å². The van der Waals surface area contributed by atoms with Gasteiger partial charge < -0.3 is 15.0 Å². The van der Waals surface area contributed by atoms with E-state index in [1.54, 1.807) is 20.5 Å². The predicted octanol–water partition coefficient (Wildman–Crippen LogP) is 1.28.